The molecule has 1 unspecified atom stereocenters. The first-order chi connectivity index (χ1) is 13.3. The Morgan fingerprint density at radius 2 is 1.93 bits per heavy atom. The first-order valence-corrected chi connectivity index (χ1v) is 11.6. The van der Waals surface area contributed by atoms with Gasteiger partial charge in [-0.2, -0.15) is 3.97 Å². The van der Waals surface area contributed by atoms with Gasteiger partial charge >= 0.3 is 5.69 Å². The first-order valence-electron chi connectivity index (χ1n) is 9.70. The second-order valence-electron chi connectivity index (χ2n) is 7.47. The van der Waals surface area contributed by atoms with Crippen LogP contribution in [-0.4, -0.2) is 59.7 Å². The van der Waals surface area contributed by atoms with Gasteiger partial charge in [0.15, 0.2) is 0 Å². The number of hydrogen-bond donors (Lipinski definition) is 1. The number of carbonyl (C=O) groups is 1. The molecule has 0 spiro atoms. The summed E-state index contributed by atoms with van der Waals surface area (Å²) >= 11 is 0. The number of benzene rings is 1. The molecule has 0 saturated carbocycles. The molecule has 28 heavy (non-hydrogen) atoms. The smallest absolute Gasteiger partial charge is 0.343 e. The van der Waals surface area contributed by atoms with Gasteiger partial charge in [-0.1, -0.05) is 18.6 Å². The first kappa shape index (κ1) is 20.6. The third-order valence-corrected chi connectivity index (χ3v) is 6.33. The number of para-hydroxylation sites is 2. The summed E-state index contributed by atoms with van der Waals surface area (Å²) in [4.78, 5) is 27.4. The lowest BCUT2D eigenvalue weighted by molar-refractivity contribution is -0.121. The molecule has 2 aromatic rings. The molecule has 1 aromatic heterocycles. The van der Waals surface area contributed by atoms with Crippen LogP contribution in [0.5, 0.6) is 0 Å². The summed E-state index contributed by atoms with van der Waals surface area (Å²) in [6.07, 6.45) is 5.55. The largest absolute Gasteiger partial charge is 0.354 e. The third kappa shape index (κ3) is 4.47. The number of aromatic nitrogens is 2. The number of piperidine rings is 1. The minimum Gasteiger partial charge on any atom is -0.354 e. The predicted molar refractivity (Wildman–Crippen MR) is 109 cm³/mol. The van der Waals surface area contributed by atoms with E-state index >= 15 is 0 Å². The van der Waals surface area contributed by atoms with E-state index in [1.54, 1.807) is 24.3 Å². The number of imidazole rings is 1. The zero-order valence-corrected chi connectivity index (χ0v) is 17.2. The number of nitrogens with zero attached hydrogens (tertiary/aromatic N) is 3. The summed E-state index contributed by atoms with van der Waals surface area (Å²) in [5.74, 6) is -0.301. The molecule has 0 radical (unpaired) electrons. The van der Waals surface area contributed by atoms with Gasteiger partial charge in [0.25, 0.3) is 0 Å². The van der Waals surface area contributed by atoms with Gasteiger partial charge < -0.3 is 10.2 Å². The molecule has 1 atom stereocenters. The van der Waals surface area contributed by atoms with E-state index < -0.39 is 15.7 Å². The van der Waals surface area contributed by atoms with Crippen LogP contribution < -0.4 is 11.0 Å². The Bertz CT molecular complexity index is 1010. The van der Waals surface area contributed by atoms with Crippen LogP contribution in [0.15, 0.2) is 29.1 Å². The summed E-state index contributed by atoms with van der Waals surface area (Å²) in [5, 5.41) is 2.84. The van der Waals surface area contributed by atoms with Crippen LogP contribution in [0.4, 0.5) is 0 Å². The van der Waals surface area contributed by atoms with Gasteiger partial charge in [-0.15, -0.1) is 0 Å². The fourth-order valence-corrected chi connectivity index (χ4v) is 4.75. The van der Waals surface area contributed by atoms with Crippen molar-refractivity contribution in [3.05, 3.63) is 34.7 Å². The average molecular weight is 409 g/mol. The summed E-state index contributed by atoms with van der Waals surface area (Å²) in [6.45, 7) is 4.61. The van der Waals surface area contributed by atoms with Crippen molar-refractivity contribution in [1.82, 2.24) is 18.8 Å². The Balaban J connectivity index is 1.64. The van der Waals surface area contributed by atoms with Crippen LogP contribution in [0.3, 0.4) is 0 Å². The number of likely N-dealkylation sites (tertiary alicyclic amines) is 1. The maximum atomic E-state index is 12.6. The zero-order valence-electron chi connectivity index (χ0n) is 16.4. The van der Waals surface area contributed by atoms with E-state index in [2.05, 4.69) is 17.1 Å². The number of rotatable bonds is 7. The molecule has 1 N–H and O–H groups in total. The van der Waals surface area contributed by atoms with Gasteiger partial charge in [0.05, 0.1) is 17.3 Å². The van der Waals surface area contributed by atoms with E-state index in [9.17, 15) is 18.0 Å². The van der Waals surface area contributed by atoms with Crippen molar-refractivity contribution in [2.75, 3.05) is 25.9 Å². The van der Waals surface area contributed by atoms with E-state index in [1.807, 2.05) is 0 Å². The minimum atomic E-state index is -3.77. The van der Waals surface area contributed by atoms with Crippen molar-refractivity contribution < 1.29 is 13.2 Å². The number of amides is 1. The van der Waals surface area contributed by atoms with Gasteiger partial charge in [0, 0.05) is 19.1 Å². The van der Waals surface area contributed by atoms with Crippen molar-refractivity contribution in [2.45, 2.75) is 45.2 Å². The summed E-state index contributed by atoms with van der Waals surface area (Å²) < 4.78 is 25.9. The van der Waals surface area contributed by atoms with Gasteiger partial charge in [-0.25, -0.2) is 13.2 Å². The zero-order chi connectivity index (χ0) is 20.3. The normalized spacial score (nSPS) is 18.4. The number of nitrogens with one attached hydrogen (secondary N) is 1. The molecule has 1 saturated heterocycles. The van der Waals surface area contributed by atoms with Crippen LogP contribution in [0.2, 0.25) is 0 Å². The number of hydrogen-bond acceptors (Lipinski definition) is 5. The average Bonchev–Trinajstić information content (AvgIpc) is 2.92. The van der Waals surface area contributed by atoms with Crippen LogP contribution >= 0.6 is 0 Å². The van der Waals surface area contributed by atoms with Gasteiger partial charge in [-0.3, -0.25) is 9.36 Å². The molecule has 9 heteroatoms. The lowest BCUT2D eigenvalue weighted by Crippen LogP contribution is -2.40. The van der Waals surface area contributed by atoms with Crippen LogP contribution in [0.25, 0.3) is 11.0 Å². The monoisotopic (exact) mass is 408 g/mol. The highest BCUT2D eigenvalue weighted by Crippen LogP contribution is 2.16. The Hall–Kier alpha value is -2.13. The van der Waals surface area contributed by atoms with E-state index in [4.69, 9.17) is 0 Å². The predicted octanol–water partition coefficient (Wildman–Crippen LogP) is 0.991. The Morgan fingerprint density at radius 3 is 2.61 bits per heavy atom. The molecule has 1 aliphatic heterocycles. The van der Waals surface area contributed by atoms with Crippen molar-refractivity contribution in [2.24, 2.45) is 0 Å². The SMILES string of the molecule is CC1CCCCN1CCCNC(=O)Cn1c(=O)n(S(C)(=O)=O)c2ccccc21. The highest BCUT2D eigenvalue weighted by atomic mass is 32.2. The molecule has 1 aliphatic rings. The molecular formula is C19H28N4O4S. The van der Waals surface area contributed by atoms with Gasteiger partial charge in [0.2, 0.25) is 15.9 Å². The molecule has 0 aliphatic carbocycles. The molecular weight excluding hydrogens is 380 g/mol. The molecule has 3 rings (SSSR count). The lowest BCUT2D eigenvalue weighted by atomic mass is 10.0. The summed E-state index contributed by atoms with van der Waals surface area (Å²) in [6, 6.07) is 7.16. The van der Waals surface area contributed by atoms with Crippen LogP contribution in [0.1, 0.15) is 32.6 Å². The van der Waals surface area contributed by atoms with E-state index in [1.165, 1.54) is 23.8 Å². The number of fused-ring (bicyclic) bond motifs is 1. The molecule has 0 bridgehead atoms. The molecule has 154 valence electrons. The second-order valence-corrected chi connectivity index (χ2v) is 9.30. The van der Waals surface area contributed by atoms with E-state index in [0.717, 1.165) is 29.7 Å². The second kappa shape index (κ2) is 8.48. The standard InChI is InChI=1S/C19H28N4O4S/c1-15-8-5-6-12-21(15)13-7-11-20-18(24)14-22-16-9-3-4-10-17(16)23(19(22)25)28(2,26)27/h3-4,9-10,15H,5-8,11-14H2,1-2H3,(H,20,24). The highest BCUT2D eigenvalue weighted by Gasteiger charge is 2.21. The van der Waals surface area contributed by atoms with Crippen LogP contribution in [0, 0.1) is 0 Å². The molecule has 8 nitrogen and oxygen atoms in total. The van der Waals surface area contributed by atoms with E-state index in [-0.39, 0.29) is 18.0 Å². The fourth-order valence-electron chi connectivity index (χ4n) is 3.85. The van der Waals surface area contributed by atoms with Crippen molar-refractivity contribution in [3.63, 3.8) is 0 Å². The third-order valence-electron chi connectivity index (χ3n) is 5.31. The fraction of sp³-hybridized carbons (Fsp3) is 0.579. The van der Waals surface area contributed by atoms with E-state index in [0.29, 0.717) is 18.1 Å². The van der Waals surface area contributed by atoms with Crippen molar-refractivity contribution >= 4 is 27.0 Å². The molecule has 1 fully saturated rings. The van der Waals surface area contributed by atoms with Gasteiger partial charge in [0.1, 0.15) is 6.54 Å². The maximum Gasteiger partial charge on any atom is 0.343 e. The Labute approximate surface area is 165 Å². The summed E-state index contributed by atoms with van der Waals surface area (Å²) in [5.41, 5.74) is -0.0157. The quantitative estimate of drug-likeness (QED) is 0.690. The van der Waals surface area contributed by atoms with Crippen LogP contribution in [-0.2, 0) is 21.4 Å². The topological polar surface area (TPSA) is 93.4 Å². The van der Waals surface area contributed by atoms with Crippen molar-refractivity contribution in [1.29, 1.82) is 0 Å². The Kier molecular flexibility index (Phi) is 6.24. The molecule has 1 amide bonds. The molecule has 2 heterocycles. The maximum absolute atomic E-state index is 12.6. The Morgan fingerprint density at radius 1 is 1.21 bits per heavy atom. The van der Waals surface area contributed by atoms with Gasteiger partial charge in [-0.05, 0) is 44.9 Å². The molecule has 1 aromatic carbocycles. The number of carbonyl (C=O) groups excluding carboxylic acids is 1. The minimum absolute atomic E-state index is 0.206. The lowest BCUT2D eigenvalue weighted by Gasteiger charge is -2.33. The van der Waals surface area contributed by atoms with Crippen molar-refractivity contribution in [3.8, 4) is 0 Å². The highest BCUT2D eigenvalue weighted by molar-refractivity contribution is 7.89. The summed E-state index contributed by atoms with van der Waals surface area (Å²) in [7, 11) is -3.77.